The van der Waals surface area contributed by atoms with Crippen molar-refractivity contribution in [1.29, 1.82) is 0 Å². The van der Waals surface area contributed by atoms with Gasteiger partial charge in [0.2, 0.25) is 0 Å². The van der Waals surface area contributed by atoms with Crippen LogP contribution in [-0.2, 0) is 14.9 Å². The topological polar surface area (TPSA) is 76.9 Å². The minimum absolute atomic E-state index is 0.304. The van der Waals surface area contributed by atoms with Crippen LogP contribution in [0.5, 0.6) is 5.75 Å². The monoisotopic (exact) mass is 394 g/mol. The van der Waals surface area contributed by atoms with Crippen LogP contribution in [0.1, 0.15) is 23.0 Å². The van der Waals surface area contributed by atoms with E-state index >= 15 is 0 Å². The van der Waals surface area contributed by atoms with Gasteiger partial charge in [-0.1, -0.05) is 6.07 Å². The molecule has 0 saturated carbocycles. The van der Waals surface area contributed by atoms with Gasteiger partial charge in [0.1, 0.15) is 5.75 Å². The molecule has 1 fully saturated rings. The van der Waals surface area contributed by atoms with Crippen molar-refractivity contribution >= 4 is 10.2 Å². The van der Waals surface area contributed by atoms with E-state index in [2.05, 4.69) is 5.10 Å². The average molecular weight is 394 g/mol. The summed E-state index contributed by atoms with van der Waals surface area (Å²) >= 11 is 0. The highest BCUT2D eigenvalue weighted by Crippen LogP contribution is 2.33. The molecule has 0 aliphatic carbocycles. The minimum Gasteiger partial charge on any atom is -0.497 e. The normalized spacial score (nSPS) is 18.8. The molecule has 2 heterocycles. The van der Waals surface area contributed by atoms with Gasteiger partial charge in [-0.15, -0.1) is 0 Å². The van der Waals surface area contributed by atoms with Crippen molar-refractivity contribution in [2.24, 2.45) is 0 Å². The van der Waals surface area contributed by atoms with Crippen molar-refractivity contribution in [3.63, 3.8) is 0 Å². The quantitative estimate of drug-likeness (QED) is 0.771. The maximum absolute atomic E-state index is 12.8. The van der Waals surface area contributed by atoms with E-state index in [4.69, 9.17) is 9.47 Å². The van der Waals surface area contributed by atoms with E-state index < -0.39 is 16.3 Å². The fourth-order valence-electron chi connectivity index (χ4n) is 3.43. The zero-order chi connectivity index (χ0) is 19.8. The number of aryl methyl sites for hydroxylation is 1. The van der Waals surface area contributed by atoms with Crippen molar-refractivity contribution in [1.82, 2.24) is 18.4 Å². The predicted molar refractivity (Wildman–Crippen MR) is 102 cm³/mol. The lowest BCUT2D eigenvalue weighted by Gasteiger charge is -2.36. The summed E-state index contributed by atoms with van der Waals surface area (Å²) in [4.78, 5) is 0. The number of aromatic nitrogens is 2. The summed E-state index contributed by atoms with van der Waals surface area (Å²) in [5.41, 5.74) is 3.41. The molecule has 3 rings (SSSR count). The first-order valence-corrected chi connectivity index (χ1v) is 10.1. The molecule has 0 bridgehead atoms. The second-order valence-electron chi connectivity index (χ2n) is 6.69. The summed E-state index contributed by atoms with van der Waals surface area (Å²) in [6, 6.07) is 7.20. The van der Waals surface area contributed by atoms with Gasteiger partial charge in [-0.25, -0.2) is 4.68 Å². The fraction of sp³-hybridized carbons (Fsp3) is 0.500. The van der Waals surface area contributed by atoms with Crippen LogP contribution >= 0.6 is 0 Å². The van der Waals surface area contributed by atoms with Gasteiger partial charge in [-0.2, -0.15) is 22.1 Å². The van der Waals surface area contributed by atoms with E-state index in [1.54, 1.807) is 21.2 Å². The molecule has 1 aliphatic heterocycles. The third kappa shape index (κ3) is 3.60. The predicted octanol–water partition coefficient (Wildman–Crippen LogP) is 1.68. The van der Waals surface area contributed by atoms with Crippen molar-refractivity contribution in [3.05, 3.63) is 41.2 Å². The molecule has 8 nitrogen and oxygen atoms in total. The molecule has 0 amide bonds. The molecule has 1 saturated heterocycles. The highest BCUT2D eigenvalue weighted by molar-refractivity contribution is 7.86. The van der Waals surface area contributed by atoms with Crippen molar-refractivity contribution in [2.75, 3.05) is 41.0 Å². The molecule has 1 atom stereocenters. The third-order valence-corrected chi connectivity index (χ3v) is 6.77. The molecular formula is C18H26N4O4S. The smallest absolute Gasteiger partial charge is 0.282 e. The van der Waals surface area contributed by atoms with Gasteiger partial charge in [-0.05, 0) is 26.0 Å². The number of hydrogen-bond donors (Lipinski definition) is 0. The van der Waals surface area contributed by atoms with Crippen LogP contribution in [0, 0.1) is 13.8 Å². The van der Waals surface area contributed by atoms with Crippen LogP contribution in [-0.4, -0.2) is 67.8 Å². The van der Waals surface area contributed by atoms with Crippen LogP contribution in [0.15, 0.2) is 24.3 Å². The van der Waals surface area contributed by atoms with Crippen LogP contribution in [0.25, 0.3) is 5.69 Å². The van der Waals surface area contributed by atoms with E-state index in [1.165, 1.54) is 8.61 Å². The van der Waals surface area contributed by atoms with Gasteiger partial charge in [0.05, 0.1) is 37.7 Å². The number of ether oxygens (including phenoxy) is 2. The SMILES string of the molecule is COc1cccc(-n2nc(C)c(C3COCCN3S(=O)(=O)N(C)C)c2C)c1. The van der Waals surface area contributed by atoms with Crippen molar-refractivity contribution < 1.29 is 17.9 Å². The lowest BCUT2D eigenvalue weighted by Crippen LogP contribution is -2.48. The molecule has 0 radical (unpaired) electrons. The molecule has 27 heavy (non-hydrogen) atoms. The molecule has 1 unspecified atom stereocenters. The van der Waals surface area contributed by atoms with Gasteiger partial charge < -0.3 is 9.47 Å². The first kappa shape index (κ1) is 19.8. The molecule has 1 aromatic heterocycles. The molecule has 1 aromatic carbocycles. The first-order chi connectivity index (χ1) is 12.8. The molecule has 0 N–H and O–H groups in total. The van der Waals surface area contributed by atoms with Crippen molar-refractivity contribution in [3.8, 4) is 11.4 Å². The Balaban J connectivity index is 2.07. The number of hydrogen-bond acceptors (Lipinski definition) is 5. The summed E-state index contributed by atoms with van der Waals surface area (Å²) in [5.74, 6) is 0.736. The lowest BCUT2D eigenvalue weighted by molar-refractivity contribution is 0.0295. The number of nitrogens with zero attached hydrogens (tertiary/aromatic N) is 4. The Bertz CT molecular complexity index is 923. The Morgan fingerprint density at radius 1 is 1.30 bits per heavy atom. The molecule has 9 heteroatoms. The van der Waals surface area contributed by atoms with Gasteiger partial charge in [0.25, 0.3) is 10.2 Å². The maximum atomic E-state index is 12.8. The molecule has 2 aromatic rings. The third-order valence-electron chi connectivity index (χ3n) is 4.82. The van der Waals surface area contributed by atoms with E-state index in [0.717, 1.165) is 28.4 Å². The number of benzene rings is 1. The van der Waals surface area contributed by atoms with Crippen molar-refractivity contribution in [2.45, 2.75) is 19.9 Å². The summed E-state index contributed by atoms with van der Waals surface area (Å²) < 4.78 is 41.1. The number of methoxy groups -OCH3 is 1. The highest BCUT2D eigenvalue weighted by atomic mass is 32.2. The standard InChI is InChI=1S/C18H26N4O4S/c1-13-18(17-12-26-10-9-21(17)27(23,24)20(3)4)14(2)22(19-13)15-7-6-8-16(11-15)25-5/h6-8,11,17H,9-10,12H2,1-5H3. The van der Waals surface area contributed by atoms with E-state index in [1.807, 2.05) is 42.8 Å². The van der Waals surface area contributed by atoms with Gasteiger partial charge in [0, 0.05) is 38.0 Å². The Kier molecular flexibility index (Phi) is 5.57. The first-order valence-electron chi connectivity index (χ1n) is 8.75. The Morgan fingerprint density at radius 3 is 2.70 bits per heavy atom. The second-order valence-corrected chi connectivity index (χ2v) is 8.78. The lowest BCUT2D eigenvalue weighted by atomic mass is 10.0. The summed E-state index contributed by atoms with van der Waals surface area (Å²) in [6.07, 6.45) is 0. The summed E-state index contributed by atoms with van der Waals surface area (Å²) in [6.45, 7) is 4.84. The van der Waals surface area contributed by atoms with Gasteiger partial charge in [-0.3, -0.25) is 0 Å². The Hall–Kier alpha value is -1.94. The molecule has 148 valence electrons. The Labute approximate surface area is 160 Å². The van der Waals surface area contributed by atoms with Crippen LogP contribution in [0.4, 0.5) is 0 Å². The fourth-order valence-corrected chi connectivity index (χ4v) is 4.64. The van der Waals surface area contributed by atoms with E-state index in [0.29, 0.717) is 19.8 Å². The summed E-state index contributed by atoms with van der Waals surface area (Å²) in [7, 11) is 1.14. The maximum Gasteiger partial charge on any atom is 0.282 e. The summed E-state index contributed by atoms with van der Waals surface area (Å²) in [5, 5.41) is 4.66. The molecule has 0 spiro atoms. The molecule has 1 aliphatic rings. The van der Waals surface area contributed by atoms with E-state index in [9.17, 15) is 8.42 Å². The largest absolute Gasteiger partial charge is 0.497 e. The van der Waals surface area contributed by atoms with Crippen LogP contribution < -0.4 is 4.74 Å². The number of rotatable bonds is 5. The Morgan fingerprint density at radius 2 is 2.04 bits per heavy atom. The second kappa shape index (κ2) is 7.59. The van der Waals surface area contributed by atoms with Crippen LogP contribution in [0.3, 0.4) is 0 Å². The van der Waals surface area contributed by atoms with Gasteiger partial charge >= 0.3 is 0 Å². The highest BCUT2D eigenvalue weighted by Gasteiger charge is 2.38. The zero-order valence-corrected chi connectivity index (χ0v) is 17.2. The average Bonchev–Trinajstić information content (AvgIpc) is 2.95. The van der Waals surface area contributed by atoms with E-state index in [-0.39, 0.29) is 0 Å². The number of morpholine rings is 1. The van der Waals surface area contributed by atoms with Gasteiger partial charge in [0.15, 0.2) is 0 Å². The van der Waals surface area contributed by atoms with Crippen LogP contribution in [0.2, 0.25) is 0 Å². The minimum atomic E-state index is -3.57. The zero-order valence-electron chi connectivity index (χ0n) is 16.3. The molecular weight excluding hydrogens is 368 g/mol.